The Morgan fingerprint density at radius 3 is 2.83 bits per heavy atom. The molecule has 62 valence electrons. The molecule has 1 rings (SSSR count). The van der Waals surface area contributed by atoms with Gasteiger partial charge in [-0.05, 0) is 30.7 Å². The van der Waals surface area contributed by atoms with Crippen molar-refractivity contribution >= 4 is 11.9 Å². The lowest BCUT2D eigenvalue weighted by Gasteiger charge is -1.91. The number of carbonyl (C=O) groups is 1. The van der Waals surface area contributed by atoms with Gasteiger partial charge in [-0.3, -0.25) is 4.79 Å². The molecule has 1 aromatic rings. The summed E-state index contributed by atoms with van der Waals surface area (Å²) in [7, 11) is 0. The molecule has 0 fully saturated rings. The quantitative estimate of drug-likeness (QED) is 0.613. The van der Waals surface area contributed by atoms with Gasteiger partial charge in [0, 0.05) is 0 Å². The Balaban J connectivity index is 2.83. The van der Waals surface area contributed by atoms with E-state index in [2.05, 4.69) is 0 Å². The third-order valence-electron chi connectivity index (χ3n) is 1.36. The van der Waals surface area contributed by atoms with E-state index in [1.807, 2.05) is 0 Å². The van der Waals surface area contributed by atoms with Crippen LogP contribution in [0, 0.1) is 5.82 Å². The third kappa shape index (κ3) is 2.66. The van der Waals surface area contributed by atoms with Gasteiger partial charge in [-0.2, -0.15) is 0 Å². The second-order valence-corrected chi connectivity index (χ2v) is 2.50. The van der Waals surface area contributed by atoms with Crippen molar-refractivity contribution in [2.75, 3.05) is 0 Å². The summed E-state index contributed by atoms with van der Waals surface area (Å²) in [6, 6.07) is 6.09. The van der Waals surface area contributed by atoms with Gasteiger partial charge in [0.25, 0.3) is 0 Å². The third-order valence-corrected chi connectivity index (χ3v) is 1.36. The van der Waals surface area contributed by atoms with Crippen LogP contribution in [0.3, 0.4) is 0 Å². The molecule has 0 saturated heterocycles. The highest BCUT2D eigenvalue weighted by Gasteiger charge is 1.90. The molecular formula is C10H9FO. The summed E-state index contributed by atoms with van der Waals surface area (Å²) in [5.74, 6) is -0.333. The van der Waals surface area contributed by atoms with E-state index in [9.17, 15) is 9.18 Å². The highest BCUT2D eigenvalue weighted by atomic mass is 19.1. The molecule has 0 unspecified atom stereocenters. The second kappa shape index (κ2) is 3.81. The smallest absolute Gasteiger partial charge is 0.152 e. The maximum atomic E-state index is 12.6. The van der Waals surface area contributed by atoms with Crippen LogP contribution in [0.1, 0.15) is 12.5 Å². The number of halogens is 1. The number of rotatable bonds is 2. The van der Waals surface area contributed by atoms with E-state index >= 15 is 0 Å². The Kier molecular flexibility index (Phi) is 2.75. The monoisotopic (exact) mass is 164 g/mol. The summed E-state index contributed by atoms with van der Waals surface area (Å²) in [6.07, 6.45) is 3.00. The zero-order chi connectivity index (χ0) is 8.97. The number of hydrogen-bond acceptors (Lipinski definition) is 1. The van der Waals surface area contributed by atoms with Gasteiger partial charge < -0.3 is 0 Å². The molecule has 1 aromatic carbocycles. The predicted molar refractivity (Wildman–Crippen MR) is 46.1 cm³/mol. The van der Waals surface area contributed by atoms with Crippen molar-refractivity contribution in [1.82, 2.24) is 0 Å². The molecule has 1 nitrogen and oxygen atoms in total. The highest BCUT2D eigenvalue weighted by molar-refractivity contribution is 5.91. The van der Waals surface area contributed by atoms with Crippen molar-refractivity contribution in [2.24, 2.45) is 0 Å². The number of benzene rings is 1. The molecule has 0 aliphatic heterocycles. The molecule has 0 atom stereocenters. The topological polar surface area (TPSA) is 17.1 Å². The standard InChI is InChI=1S/C10H9FO/c1-8(12)5-6-9-3-2-4-10(11)7-9/h2-7H,1H3. The summed E-state index contributed by atoms with van der Waals surface area (Å²) < 4.78 is 12.6. The first-order valence-corrected chi connectivity index (χ1v) is 3.63. The Labute approximate surface area is 70.5 Å². The highest BCUT2D eigenvalue weighted by Crippen LogP contribution is 2.04. The van der Waals surface area contributed by atoms with Crippen LogP contribution in [-0.4, -0.2) is 5.78 Å². The molecule has 0 heterocycles. The van der Waals surface area contributed by atoms with Crippen LogP contribution in [0.5, 0.6) is 0 Å². The number of hydrogen-bond donors (Lipinski definition) is 0. The van der Waals surface area contributed by atoms with Crippen molar-refractivity contribution in [3.8, 4) is 0 Å². The van der Waals surface area contributed by atoms with E-state index in [0.29, 0.717) is 5.56 Å². The first kappa shape index (κ1) is 8.65. The molecule has 0 spiro atoms. The van der Waals surface area contributed by atoms with E-state index < -0.39 is 0 Å². The first-order valence-electron chi connectivity index (χ1n) is 3.63. The molecule has 0 saturated carbocycles. The second-order valence-electron chi connectivity index (χ2n) is 2.50. The van der Waals surface area contributed by atoms with E-state index in [-0.39, 0.29) is 11.6 Å². The summed E-state index contributed by atoms with van der Waals surface area (Å²) in [5, 5.41) is 0. The molecule has 0 aromatic heterocycles. The average Bonchev–Trinajstić information content (AvgIpc) is 2.01. The minimum absolute atomic E-state index is 0.0424. The van der Waals surface area contributed by atoms with Crippen molar-refractivity contribution in [3.05, 3.63) is 41.7 Å². The zero-order valence-corrected chi connectivity index (χ0v) is 6.75. The largest absolute Gasteiger partial charge is 0.295 e. The predicted octanol–water partition coefficient (Wildman–Crippen LogP) is 2.43. The fraction of sp³-hybridized carbons (Fsp3) is 0.100. The van der Waals surface area contributed by atoms with Crippen molar-refractivity contribution in [1.29, 1.82) is 0 Å². The minimum atomic E-state index is -0.291. The van der Waals surface area contributed by atoms with Gasteiger partial charge >= 0.3 is 0 Å². The minimum Gasteiger partial charge on any atom is -0.295 e. The first-order chi connectivity index (χ1) is 5.68. The summed E-state index contributed by atoms with van der Waals surface area (Å²) >= 11 is 0. The Morgan fingerprint density at radius 2 is 2.25 bits per heavy atom. The lowest BCUT2D eigenvalue weighted by atomic mass is 10.2. The van der Waals surface area contributed by atoms with Crippen LogP contribution in [-0.2, 0) is 4.79 Å². The van der Waals surface area contributed by atoms with Gasteiger partial charge in [-0.1, -0.05) is 18.2 Å². The Bertz CT molecular complexity index is 315. The van der Waals surface area contributed by atoms with Crippen molar-refractivity contribution in [2.45, 2.75) is 6.92 Å². The van der Waals surface area contributed by atoms with E-state index in [0.717, 1.165) is 0 Å². The van der Waals surface area contributed by atoms with Crippen LogP contribution < -0.4 is 0 Å². The van der Waals surface area contributed by atoms with Gasteiger partial charge in [0.05, 0.1) is 0 Å². The SMILES string of the molecule is CC(=O)C=Cc1cccc(F)c1. The van der Waals surface area contributed by atoms with Crippen LogP contribution >= 0.6 is 0 Å². The van der Waals surface area contributed by atoms with Gasteiger partial charge in [0.1, 0.15) is 5.82 Å². The lowest BCUT2D eigenvalue weighted by Crippen LogP contribution is -1.80. The van der Waals surface area contributed by atoms with Gasteiger partial charge in [-0.15, -0.1) is 0 Å². The van der Waals surface area contributed by atoms with E-state index in [1.54, 1.807) is 18.2 Å². The normalized spacial score (nSPS) is 10.5. The van der Waals surface area contributed by atoms with E-state index in [4.69, 9.17) is 0 Å². The summed E-state index contributed by atoms with van der Waals surface area (Å²) in [6.45, 7) is 1.45. The lowest BCUT2D eigenvalue weighted by molar-refractivity contribution is -0.112. The Hall–Kier alpha value is -1.44. The maximum absolute atomic E-state index is 12.6. The fourth-order valence-corrected chi connectivity index (χ4v) is 0.824. The molecule has 0 bridgehead atoms. The van der Waals surface area contributed by atoms with Gasteiger partial charge in [-0.25, -0.2) is 4.39 Å². The molecule has 0 radical (unpaired) electrons. The number of ketones is 1. The van der Waals surface area contributed by atoms with Crippen LogP contribution in [0.25, 0.3) is 6.08 Å². The molecule has 0 amide bonds. The summed E-state index contributed by atoms with van der Waals surface area (Å²) in [5.41, 5.74) is 0.699. The van der Waals surface area contributed by atoms with Gasteiger partial charge in [0.15, 0.2) is 5.78 Å². The molecule has 0 aliphatic carbocycles. The van der Waals surface area contributed by atoms with Crippen molar-refractivity contribution < 1.29 is 9.18 Å². The molecule has 2 heteroatoms. The van der Waals surface area contributed by atoms with Gasteiger partial charge in [0.2, 0.25) is 0 Å². The fourth-order valence-electron chi connectivity index (χ4n) is 0.824. The summed E-state index contributed by atoms with van der Waals surface area (Å²) in [4.78, 5) is 10.5. The average molecular weight is 164 g/mol. The Morgan fingerprint density at radius 1 is 1.50 bits per heavy atom. The molecular weight excluding hydrogens is 155 g/mol. The maximum Gasteiger partial charge on any atom is 0.152 e. The number of carbonyl (C=O) groups excluding carboxylic acids is 1. The van der Waals surface area contributed by atoms with Crippen LogP contribution in [0.4, 0.5) is 4.39 Å². The zero-order valence-electron chi connectivity index (χ0n) is 6.75. The van der Waals surface area contributed by atoms with Crippen molar-refractivity contribution in [3.63, 3.8) is 0 Å². The molecule has 0 N–H and O–H groups in total. The van der Waals surface area contributed by atoms with E-state index in [1.165, 1.54) is 25.1 Å². The van der Waals surface area contributed by atoms with Crippen LogP contribution in [0.15, 0.2) is 30.3 Å². The molecule has 0 aliphatic rings. The molecule has 12 heavy (non-hydrogen) atoms. The number of allylic oxidation sites excluding steroid dienone is 1. The van der Waals surface area contributed by atoms with Crippen LogP contribution in [0.2, 0.25) is 0 Å².